The van der Waals surface area contributed by atoms with E-state index in [0.717, 1.165) is 17.8 Å². The van der Waals surface area contributed by atoms with Gasteiger partial charge in [0.25, 0.3) is 0 Å². The molecule has 0 atom stereocenters. The fourth-order valence-corrected chi connectivity index (χ4v) is 2.44. The van der Waals surface area contributed by atoms with Crippen LogP contribution in [0.15, 0.2) is 60.8 Å². The van der Waals surface area contributed by atoms with Gasteiger partial charge in [0.2, 0.25) is 5.91 Å². The molecule has 1 amide bonds. The van der Waals surface area contributed by atoms with E-state index in [-0.39, 0.29) is 11.4 Å². The second kappa shape index (κ2) is 6.99. The summed E-state index contributed by atoms with van der Waals surface area (Å²) in [5, 5.41) is 6.59. The third-order valence-electron chi connectivity index (χ3n) is 3.61. The summed E-state index contributed by atoms with van der Waals surface area (Å²) in [5.74, 6) is -1.49. The summed E-state index contributed by atoms with van der Waals surface area (Å²) >= 11 is 0. The van der Waals surface area contributed by atoms with Gasteiger partial charge in [-0.2, -0.15) is 18.3 Å². The first-order chi connectivity index (χ1) is 12.3. The maximum Gasteiger partial charge on any atom is 0.416 e. The van der Waals surface area contributed by atoms with Gasteiger partial charge in [0.05, 0.1) is 17.7 Å². The van der Waals surface area contributed by atoms with Gasteiger partial charge in [0, 0.05) is 12.3 Å². The van der Waals surface area contributed by atoms with E-state index in [0.29, 0.717) is 6.07 Å². The highest BCUT2D eigenvalue weighted by atomic mass is 19.4. The van der Waals surface area contributed by atoms with E-state index in [1.807, 2.05) is 30.3 Å². The summed E-state index contributed by atoms with van der Waals surface area (Å²) in [6.07, 6.45) is -3.68. The fraction of sp³-hybridized carbons (Fsp3) is 0.111. The van der Waals surface area contributed by atoms with E-state index in [4.69, 9.17) is 0 Å². The maximum atomic E-state index is 13.1. The lowest BCUT2D eigenvalue weighted by Crippen LogP contribution is -2.18. The van der Waals surface area contributed by atoms with Crippen LogP contribution in [-0.4, -0.2) is 15.7 Å². The lowest BCUT2D eigenvalue weighted by Gasteiger charge is -2.12. The predicted octanol–water partition coefficient (Wildman–Crippen LogP) is 4.21. The van der Waals surface area contributed by atoms with Crippen molar-refractivity contribution in [3.63, 3.8) is 0 Å². The molecule has 0 saturated carbocycles. The average molecular weight is 363 g/mol. The quantitative estimate of drug-likeness (QED) is 0.706. The van der Waals surface area contributed by atoms with Gasteiger partial charge in [-0.25, -0.2) is 9.07 Å². The summed E-state index contributed by atoms with van der Waals surface area (Å²) in [5.41, 5.74) is -0.702. The minimum Gasteiger partial charge on any atom is -0.309 e. The molecule has 0 radical (unpaired) electrons. The van der Waals surface area contributed by atoms with Gasteiger partial charge in [0.15, 0.2) is 5.82 Å². The van der Waals surface area contributed by atoms with Crippen LogP contribution in [0.2, 0.25) is 0 Å². The van der Waals surface area contributed by atoms with Crippen LogP contribution >= 0.6 is 0 Å². The van der Waals surface area contributed by atoms with Crippen molar-refractivity contribution in [2.45, 2.75) is 12.6 Å². The summed E-state index contributed by atoms with van der Waals surface area (Å²) in [4.78, 5) is 12.1. The van der Waals surface area contributed by atoms with E-state index in [1.165, 1.54) is 10.7 Å². The summed E-state index contributed by atoms with van der Waals surface area (Å²) < 4.78 is 53.6. The summed E-state index contributed by atoms with van der Waals surface area (Å²) in [6, 6.07) is 12.9. The van der Waals surface area contributed by atoms with Crippen LogP contribution < -0.4 is 5.32 Å². The number of carbonyl (C=O) groups is 1. The zero-order valence-electron chi connectivity index (χ0n) is 13.3. The van der Waals surface area contributed by atoms with Crippen molar-refractivity contribution < 1.29 is 22.4 Å². The Balaban J connectivity index is 1.74. The fourth-order valence-electron chi connectivity index (χ4n) is 2.44. The highest BCUT2D eigenvalue weighted by Crippen LogP contribution is 2.32. The van der Waals surface area contributed by atoms with Gasteiger partial charge < -0.3 is 5.32 Å². The van der Waals surface area contributed by atoms with Crippen LogP contribution in [0.25, 0.3) is 5.69 Å². The topological polar surface area (TPSA) is 46.9 Å². The first kappa shape index (κ1) is 17.7. The molecule has 3 aromatic rings. The largest absolute Gasteiger partial charge is 0.416 e. The number of hydrogen-bond donors (Lipinski definition) is 1. The third-order valence-corrected chi connectivity index (χ3v) is 3.61. The van der Waals surface area contributed by atoms with E-state index in [9.17, 15) is 22.4 Å². The molecule has 2 aromatic carbocycles. The van der Waals surface area contributed by atoms with Crippen LogP contribution in [0, 0.1) is 5.82 Å². The number of aromatic nitrogens is 2. The van der Waals surface area contributed by atoms with Gasteiger partial charge in [-0.15, -0.1) is 0 Å². The molecule has 3 rings (SSSR count). The zero-order chi connectivity index (χ0) is 18.7. The van der Waals surface area contributed by atoms with Crippen LogP contribution in [0.5, 0.6) is 0 Å². The van der Waals surface area contributed by atoms with Gasteiger partial charge in [-0.1, -0.05) is 24.3 Å². The molecule has 0 fully saturated rings. The van der Waals surface area contributed by atoms with E-state index in [1.54, 1.807) is 6.20 Å². The standard InChI is InChI=1S/C18H13F4N3O/c19-13-7-6-12(15(11-13)18(20,21)22)10-17(26)23-16-8-9-25(24-16)14-4-2-1-3-5-14/h1-9,11H,10H2,(H,23,24,26). The Morgan fingerprint density at radius 3 is 2.50 bits per heavy atom. The lowest BCUT2D eigenvalue weighted by molar-refractivity contribution is -0.138. The zero-order valence-corrected chi connectivity index (χ0v) is 13.3. The first-order valence-electron chi connectivity index (χ1n) is 7.59. The van der Waals surface area contributed by atoms with Crippen molar-refractivity contribution in [1.29, 1.82) is 0 Å². The molecule has 0 saturated heterocycles. The van der Waals surface area contributed by atoms with Crippen molar-refractivity contribution in [2.24, 2.45) is 0 Å². The van der Waals surface area contributed by atoms with E-state index < -0.39 is 29.9 Å². The molecular weight excluding hydrogens is 350 g/mol. The molecule has 0 aliphatic rings. The third kappa shape index (κ3) is 4.08. The monoisotopic (exact) mass is 363 g/mol. The molecule has 0 bridgehead atoms. The highest BCUT2D eigenvalue weighted by molar-refractivity contribution is 5.91. The molecule has 0 spiro atoms. The molecule has 0 aliphatic carbocycles. The van der Waals surface area contributed by atoms with Crippen molar-refractivity contribution in [1.82, 2.24) is 9.78 Å². The van der Waals surface area contributed by atoms with E-state index in [2.05, 4.69) is 10.4 Å². The molecule has 26 heavy (non-hydrogen) atoms. The maximum absolute atomic E-state index is 13.1. The Labute approximate surface area is 146 Å². The molecule has 0 aliphatic heterocycles. The van der Waals surface area contributed by atoms with Crippen LogP contribution in [-0.2, 0) is 17.4 Å². The number of anilines is 1. The molecule has 0 unspecified atom stereocenters. The van der Waals surface area contributed by atoms with Crippen molar-refractivity contribution in [3.05, 3.63) is 77.7 Å². The Morgan fingerprint density at radius 1 is 1.08 bits per heavy atom. The number of alkyl halides is 3. The summed E-state index contributed by atoms with van der Waals surface area (Å²) in [6.45, 7) is 0. The Kier molecular flexibility index (Phi) is 4.75. The van der Waals surface area contributed by atoms with Crippen LogP contribution in [0.3, 0.4) is 0 Å². The van der Waals surface area contributed by atoms with Gasteiger partial charge in [-0.05, 0) is 29.8 Å². The number of halogens is 4. The number of carbonyl (C=O) groups excluding carboxylic acids is 1. The SMILES string of the molecule is O=C(Cc1ccc(F)cc1C(F)(F)F)Nc1ccn(-c2ccccc2)n1. The van der Waals surface area contributed by atoms with Gasteiger partial charge in [0.1, 0.15) is 5.82 Å². The molecule has 8 heteroatoms. The molecular formula is C18H13F4N3O. The number of nitrogens with one attached hydrogen (secondary N) is 1. The Bertz CT molecular complexity index is 920. The molecule has 1 aromatic heterocycles. The molecule has 1 heterocycles. The number of amides is 1. The van der Waals surface area contributed by atoms with Crippen molar-refractivity contribution in [3.8, 4) is 5.69 Å². The van der Waals surface area contributed by atoms with Gasteiger partial charge in [-0.3, -0.25) is 4.79 Å². The van der Waals surface area contributed by atoms with Crippen molar-refractivity contribution in [2.75, 3.05) is 5.32 Å². The Morgan fingerprint density at radius 2 is 1.81 bits per heavy atom. The normalized spacial score (nSPS) is 11.4. The number of nitrogens with zero attached hydrogens (tertiary/aromatic N) is 2. The molecule has 134 valence electrons. The summed E-state index contributed by atoms with van der Waals surface area (Å²) in [7, 11) is 0. The van der Waals surface area contributed by atoms with Crippen LogP contribution in [0.4, 0.5) is 23.4 Å². The lowest BCUT2D eigenvalue weighted by atomic mass is 10.0. The van der Waals surface area contributed by atoms with Gasteiger partial charge >= 0.3 is 6.18 Å². The number of rotatable bonds is 4. The highest BCUT2D eigenvalue weighted by Gasteiger charge is 2.34. The first-order valence-corrected chi connectivity index (χ1v) is 7.59. The molecule has 1 N–H and O–H groups in total. The predicted molar refractivity (Wildman–Crippen MR) is 87.3 cm³/mol. The number of benzene rings is 2. The van der Waals surface area contributed by atoms with Crippen LogP contribution in [0.1, 0.15) is 11.1 Å². The van der Waals surface area contributed by atoms with E-state index >= 15 is 0 Å². The average Bonchev–Trinajstić information content (AvgIpc) is 3.05. The smallest absolute Gasteiger partial charge is 0.309 e. The Hall–Kier alpha value is -3.16. The second-order valence-electron chi connectivity index (χ2n) is 5.51. The number of hydrogen-bond acceptors (Lipinski definition) is 2. The van der Waals surface area contributed by atoms with Crippen molar-refractivity contribution >= 4 is 11.7 Å². The second-order valence-corrected chi connectivity index (χ2v) is 5.51. The number of para-hydroxylation sites is 1. The minimum absolute atomic E-state index is 0.203. The molecule has 4 nitrogen and oxygen atoms in total. The minimum atomic E-state index is -4.74.